The second kappa shape index (κ2) is 11.4. The van der Waals surface area contributed by atoms with Crippen LogP contribution < -0.4 is 4.90 Å². The van der Waals surface area contributed by atoms with E-state index in [0.717, 1.165) is 56.0 Å². The van der Waals surface area contributed by atoms with E-state index in [9.17, 15) is 4.79 Å². The van der Waals surface area contributed by atoms with Crippen molar-refractivity contribution in [3.63, 3.8) is 0 Å². The van der Waals surface area contributed by atoms with Crippen LogP contribution in [0.3, 0.4) is 0 Å². The summed E-state index contributed by atoms with van der Waals surface area (Å²) in [7, 11) is 0. The molecule has 1 amide bonds. The number of piperidine rings is 1. The van der Waals surface area contributed by atoms with E-state index in [2.05, 4.69) is 59.5 Å². The maximum Gasteiger partial charge on any atom is 0.253 e. The summed E-state index contributed by atoms with van der Waals surface area (Å²) in [5.74, 6) is 0.106. The predicted octanol–water partition coefficient (Wildman–Crippen LogP) is 7.10. The standard InChI is InChI=1S/C30H33ClN2O/c1-3-32(4-2)30(34)26-13-9-23(10-14-26)21-25-17-19-33(20-18-25)29-8-6-5-7-27(29)22-24-11-15-28(31)16-12-24/h5-16,21H,3-4,17-20,22H2,1-2H3. The lowest BCUT2D eigenvalue weighted by Gasteiger charge is -2.32. The molecular formula is C30H33ClN2O. The smallest absolute Gasteiger partial charge is 0.253 e. The van der Waals surface area contributed by atoms with Crippen molar-refractivity contribution in [2.75, 3.05) is 31.1 Å². The molecule has 0 atom stereocenters. The molecule has 0 aromatic heterocycles. The number of carbonyl (C=O) groups excluding carboxylic acids is 1. The summed E-state index contributed by atoms with van der Waals surface area (Å²) in [6, 6.07) is 24.9. The van der Waals surface area contributed by atoms with Crippen LogP contribution >= 0.6 is 11.6 Å². The molecule has 3 aromatic carbocycles. The van der Waals surface area contributed by atoms with E-state index in [1.807, 2.05) is 43.0 Å². The Morgan fingerprint density at radius 2 is 1.56 bits per heavy atom. The first-order valence-electron chi connectivity index (χ1n) is 12.2. The molecule has 0 aliphatic carbocycles. The van der Waals surface area contributed by atoms with Gasteiger partial charge in [-0.15, -0.1) is 0 Å². The summed E-state index contributed by atoms with van der Waals surface area (Å²) in [5, 5.41) is 0.775. The van der Waals surface area contributed by atoms with Gasteiger partial charge >= 0.3 is 0 Å². The van der Waals surface area contributed by atoms with Gasteiger partial charge in [0.2, 0.25) is 0 Å². The predicted molar refractivity (Wildman–Crippen MR) is 144 cm³/mol. The van der Waals surface area contributed by atoms with Crippen molar-refractivity contribution in [2.45, 2.75) is 33.1 Å². The van der Waals surface area contributed by atoms with Gasteiger partial charge in [0.25, 0.3) is 5.91 Å². The normalized spacial score (nSPS) is 13.6. The minimum Gasteiger partial charge on any atom is -0.371 e. The third-order valence-electron chi connectivity index (χ3n) is 6.62. The van der Waals surface area contributed by atoms with Gasteiger partial charge < -0.3 is 9.80 Å². The van der Waals surface area contributed by atoms with Gasteiger partial charge in [0.05, 0.1) is 0 Å². The molecule has 0 N–H and O–H groups in total. The Balaban J connectivity index is 1.40. The van der Waals surface area contributed by atoms with Crippen LogP contribution in [0.5, 0.6) is 0 Å². The van der Waals surface area contributed by atoms with Crippen molar-refractivity contribution in [3.8, 4) is 0 Å². The molecule has 176 valence electrons. The van der Waals surface area contributed by atoms with Crippen LogP contribution in [0.25, 0.3) is 6.08 Å². The van der Waals surface area contributed by atoms with Crippen molar-refractivity contribution in [1.29, 1.82) is 0 Å². The van der Waals surface area contributed by atoms with Crippen LogP contribution in [0.15, 0.2) is 78.4 Å². The van der Waals surface area contributed by atoms with E-state index in [1.165, 1.54) is 28.0 Å². The molecule has 4 rings (SSSR count). The summed E-state index contributed by atoms with van der Waals surface area (Å²) in [6.45, 7) is 7.54. The third kappa shape index (κ3) is 5.90. The van der Waals surface area contributed by atoms with Gasteiger partial charge in [0, 0.05) is 42.5 Å². The minimum absolute atomic E-state index is 0.106. The SMILES string of the molecule is CCN(CC)C(=O)c1ccc(C=C2CCN(c3ccccc3Cc3ccc(Cl)cc3)CC2)cc1. The second-order valence-corrected chi connectivity index (χ2v) is 9.26. The molecule has 0 spiro atoms. The maximum atomic E-state index is 12.5. The minimum atomic E-state index is 0.106. The van der Waals surface area contributed by atoms with Crippen molar-refractivity contribution in [1.82, 2.24) is 4.90 Å². The highest BCUT2D eigenvalue weighted by molar-refractivity contribution is 6.30. The van der Waals surface area contributed by atoms with Gasteiger partial charge in [-0.3, -0.25) is 4.79 Å². The van der Waals surface area contributed by atoms with Gasteiger partial charge in [-0.1, -0.05) is 65.7 Å². The number of hydrogen-bond acceptors (Lipinski definition) is 2. The number of hydrogen-bond donors (Lipinski definition) is 0. The van der Waals surface area contributed by atoms with Crippen LogP contribution in [0.2, 0.25) is 5.02 Å². The Bertz CT molecular complexity index is 1120. The Hall–Kier alpha value is -3.04. The zero-order valence-corrected chi connectivity index (χ0v) is 20.9. The van der Waals surface area contributed by atoms with Crippen molar-refractivity contribution in [3.05, 3.63) is 106 Å². The fourth-order valence-corrected chi connectivity index (χ4v) is 4.75. The van der Waals surface area contributed by atoms with Gasteiger partial charge in [-0.25, -0.2) is 0 Å². The van der Waals surface area contributed by atoms with Crippen LogP contribution in [-0.2, 0) is 6.42 Å². The van der Waals surface area contributed by atoms with Crippen LogP contribution in [0.1, 0.15) is 53.7 Å². The highest BCUT2D eigenvalue weighted by Crippen LogP contribution is 2.29. The molecule has 0 unspecified atom stereocenters. The first-order chi connectivity index (χ1) is 16.6. The van der Waals surface area contributed by atoms with E-state index in [4.69, 9.17) is 11.6 Å². The average Bonchev–Trinajstić information content (AvgIpc) is 2.87. The molecule has 0 radical (unpaired) electrons. The number of halogens is 1. The number of nitrogens with zero attached hydrogens (tertiary/aromatic N) is 2. The van der Waals surface area contributed by atoms with Gasteiger partial charge in [-0.05, 0) is 80.1 Å². The zero-order valence-electron chi connectivity index (χ0n) is 20.1. The largest absolute Gasteiger partial charge is 0.371 e. The van der Waals surface area contributed by atoms with E-state index < -0.39 is 0 Å². The van der Waals surface area contributed by atoms with Gasteiger partial charge in [0.15, 0.2) is 0 Å². The molecule has 3 nitrogen and oxygen atoms in total. The molecule has 1 heterocycles. The molecule has 0 bridgehead atoms. The van der Waals surface area contributed by atoms with Crippen molar-refractivity contribution in [2.24, 2.45) is 0 Å². The molecule has 1 fully saturated rings. The van der Waals surface area contributed by atoms with Crippen LogP contribution in [0.4, 0.5) is 5.69 Å². The number of rotatable bonds is 7. The zero-order chi connectivity index (χ0) is 23.9. The molecule has 1 saturated heterocycles. The first-order valence-corrected chi connectivity index (χ1v) is 12.6. The Kier molecular flexibility index (Phi) is 8.08. The summed E-state index contributed by atoms with van der Waals surface area (Å²) in [6.07, 6.45) is 5.30. The summed E-state index contributed by atoms with van der Waals surface area (Å²) >= 11 is 6.05. The fourth-order valence-electron chi connectivity index (χ4n) is 4.62. The topological polar surface area (TPSA) is 23.6 Å². The Morgan fingerprint density at radius 1 is 0.912 bits per heavy atom. The van der Waals surface area contributed by atoms with E-state index in [0.29, 0.717) is 0 Å². The number of anilines is 1. The number of carbonyl (C=O) groups is 1. The van der Waals surface area contributed by atoms with Gasteiger partial charge in [-0.2, -0.15) is 0 Å². The van der Waals surface area contributed by atoms with Crippen LogP contribution in [-0.4, -0.2) is 37.0 Å². The number of amides is 1. The van der Waals surface area contributed by atoms with Gasteiger partial charge in [0.1, 0.15) is 0 Å². The quantitative estimate of drug-likeness (QED) is 0.366. The lowest BCUT2D eigenvalue weighted by molar-refractivity contribution is 0.0773. The molecule has 3 aromatic rings. The second-order valence-electron chi connectivity index (χ2n) is 8.82. The van der Waals surface area contributed by atoms with Crippen molar-refractivity contribution < 1.29 is 4.79 Å². The Labute approximate surface area is 208 Å². The first kappa shape index (κ1) is 24.1. The van der Waals surface area contributed by atoms with E-state index in [1.54, 1.807) is 0 Å². The Morgan fingerprint density at radius 3 is 2.21 bits per heavy atom. The molecule has 0 saturated carbocycles. The molecule has 1 aliphatic rings. The lowest BCUT2D eigenvalue weighted by atomic mass is 9.97. The summed E-state index contributed by atoms with van der Waals surface area (Å²) < 4.78 is 0. The van der Waals surface area contributed by atoms with Crippen molar-refractivity contribution >= 4 is 29.3 Å². The summed E-state index contributed by atoms with van der Waals surface area (Å²) in [5.41, 5.74) is 7.36. The average molecular weight is 473 g/mol. The monoisotopic (exact) mass is 472 g/mol. The highest BCUT2D eigenvalue weighted by Gasteiger charge is 2.17. The lowest BCUT2D eigenvalue weighted by Crippen LogP contribution is -2.31. The van der Waals surface area contributed by atoms with E-state index in [-0.39, 0.29) is 5.91 Å². The van der Waals surface area contributed by atoms with Crippen LogP contribution in [0, 0.1) is 0 Å². The van der Waals surface area contributed by atoms with E-state index >= 15 is 0 Å². The fraction of sp³-hybridized carbons (Fsp3) is 0.300. The maximum absolute atomic E-state index is 12.5. The molecule has 1 aliphatic heterocycles. The summed E-state index contributed by atoms with van der Waals surface area (Å²) in [4.78, 5) is 16.9. The number of para-hydroxylation sites is 1. The number of benzene rings is 3. The third-order valence-corrected chi connectivity index (χ3v) is 6.88. The molecular weight excluding hydrogens is 440 g/mol. The highest BCUT2D eigenvalue weighted by atomic mass is 35.5. The molecule has 4 heteroatoms. The molecule has 34 heavy (non-hydrogen) atoms.